The van der Waals surface area contributed by atoms with Crippen molar-refractivity contribution in [1.82, 2.24) is 36.8 Å². The second-order valence-corrected chi connectivity index (χ2v) is 22.2. The lowest BCUT2D eigenvalue weighted by Crippen LogP contribution is -2.58. The Morgan fingerprint density at radius 1 is 0.345 bits per heavy atom. The molecule has 6 amide bonds. The predicted molar refractivity (Wildman–Crippen MR) is 297 cm³/mol. The molecular weight excluding hydrogens is 1160 g/mol. The van der Waals surface area contributed by atoms with Crippen LogP contribution in [-0.4, -0.2) is 309 Å². The molecule has 0 spiro atoms. The number of amides is 6. The summed E-state index contributed by atoms with van der Waals surface area (Å²) < 4.78 is 43.7. The molecular formula is C54H97N7O26. The number of nitrogens with zero attached hydrogens (tertiary/aromatic N) is 1. The fourth-order valence-electron chi connectivity index (χ4n) is 9.75. The minimum absolute atomic E-state index is 0.00429. The quantitative estimate of drug-likeness (QED) is 0.0255. The van der Waals surface area contributed by atoms with Crippen LogP contribution in [0.2, 0.25) is 0 Å². The van der Waals surface area contributed by atoms with Crippen LogP contribution in [0.25, 0.3) is 0 Å². The molecule has 0 bridgehead atoms. The molecule has 0 aromatic rings. The van der Waals surface area contributed by atoms with Gasteiger partial charge in [0.25, 0.3) is 0 Å². The summed E-state index contributed by atoms with van der Waals surface area (Å²) in [4.78, 5) is 80.0. The normalized spacial score (nSPS) is 33.1. The number of carbonyl (C=O) groups excluding carboxylic acids is 6. The smallest absolute Gasteiger partial charge is 0.237 e. The van der Waals surface area contributed by atoms with E-state index >= 15 is 0 Å². The van der Waals surface area contributed by atoms with Crippen LogP contribution in [0.3, 0.4) is 0 Å². The number of carbonyl (C=O) groups is 6. The molecule has 4 fully saturated rings. The van der Waals surface area contributed by atoms with E-state index in [0.29, 0.717) is 45.1 Å². The van der Waals surface area contributed by atoms with Crippen molar-refractivity contribution in [2.24, 2.45) is 0 Å². The summed E-state index contributed by atoms with van der Waals surface area (Å²) in [5.41, 5.74) is 0. The zero-order valence-corrected chi connectivity index (χ0v) is 49.9. The maximum absolute atomic E-state index is 14.1. The molecule has 18 N–H and O–H groups in total. The van der Waals surface area contributed by atoms with Gasteiger partial charge in [0.05, 0.1) is 70.0 Å². The van der Waals surface area contributed by atoms with Gasteiger partial charge in [0.1, 0.15) is 73.2 Å². The van der Waals surface area contributed by atoms with Crippen molar-refractivity contribution in [2.45, 2.75) is 227 Å². The van der Waals surface area contributed by atoms with E-state index < -0.39 is 160 Å². The van der Waals surface area contributed by atoms with E-state index in [1.807, 2.05) is 0 Å². The number of hydrogen-bond acceptors (Lipinski definition) is 27. The van der Waals surface area contributed by atoms with Crippen molar-refractivity contribution < 1.29 is 128 Å². The first-order valence-electron chi connectivity index (χ1n) is 29.9. The van der Waals surface area contributed by atoms with Crippen LogP contribution in [-0.2, 0) is 66.7 Å². The highest BCUT2D eigenvalue weighted by Crippen LogP contribution is 2.25. The van der Waals surface area contributed by atoms with Crippen molar-refractivity contribution in [3.8, 4) is 0 Å². The van der Waals surface area contributed by atoms with E-state index in [1.165, 1.54) is 32.6 Å². The van der Waals surface area contributed by atoms with Crippen LogP contribution >= 0.6 is 0 Å². The topological polar surface area (TPSA) is 494 Å². The fraction of sp³-hybridized carbons (Fsp3) is 0.889. The van der Waals surface area contributed by atoms with Crippen LogP contribution in [0.15, 0.2) is 0 Å². The monoisotopic (exact) mass is 1260 g/mol. The predicted octanol–water partition coefficient (Wildman–Crippen LogP) is -7.98. The number of nitrogens with one attached hydrogen (secondary N) is 6. The second-order valence-electron chi connectivity index (χ2n) is 22.2. The average Bonchev–Trinajstić information content (AvgIpc) is 3.69. The Kier molecular flexibility index (Phi) is 34.1. The molecule has 0 radical (unpaired) electrons. The highest BCUT2D eigenvalue weighted by molar-refractivity contribution is 5.86. The third kappa shape index (κ3) is 25.3. The maximum Gasteiger partial charge on any atom is 0.237 e. The number of aliphatic hydroxyl groups excluding tert-OH is 12. The summed E-state index contributed by atoms with van der Waals surface area (Å²) >= 11 is 0. The Morgan fingerprint density at radius 2 is 0.621 bits per heavy atom. The van der Waals surface area contributed by atoms with Crippen LogP contribution in [0.1, 0.15) is 98.3 Å². The number of aliphatic hydroxyl groups is 12. The molecule has 4 saturated heterocycles. The van der Waals surface area contributed by atoms with E-state index in [1.54, 1.807) is 0 Å². The first kappa shape index (κ1) is 75.4. The van der Waals surface area contributed by atoms with Crippen LogP contribution in [0.4, 0.5) is 0 Å². The van der Waals surface area contributed by atoms with Crippen molar-refractivity contribution in [3.63, 3.8) is 0 Å². The summed E-state index contributed by atoms with van der Waals surface area (Å²) in [7, 11) is 0. The Hall–Kier alpha value is -4.02. The second kappa shape index (κ2) is 39.3. The molecule has 33 nitrogen and oxygen atoms in total. The van der Waals surface area contributed by atoms with Gasteiger partial charge in [0.2, 0.25) is 35.4 Å². The molecule has 21 atom stereocenters. The molecule has 0 saturated carbocycles. The summed E-state index contributed by atoms with van der Waals surface area (Å²) in [5, 5.41) is 138. The summed E-state index contributed by atoms with van der Waals surface area (Å²) in [6, 6.07) is -1.19. The van der Waals surface area contributed by atoms with Gasteiger partial charge in [-0.3, -0.25) is 33.7 Å². The lowest BCUT2D eigenvalue weighted by molar-refractivity contribution is -0.292. The van der Waals surface area contributed by atoms with Gasteiger partial charge in [-0.25, -0.2) is 0 Å². The van der Waals surface area contributed by atoms with Crippen LogP contribution in [0.5, 0.6) is 0 Å². The Balaban J connectivity index is 1.24. The largest absolute Gasteiger partial charge is 0.388 e. The summed E-state index contributed by atoms with van der Waals surface area (Å²) in [5.74, 6) is -2.68. The molecule has 4 heterocycles. The van der Waals surface area contributed by atoms with Gasteiger partial charge in [-0.05, 0) is 72.6 Å². The van der Waals surface area contributed by atoms with Gasteiger partial charge in [0, 0.05) is 58.5 Å². The first-order chi connectivity index (χ1) is 41.3. The summed E-state index contributed by atoms with van der Waals surface area (Å²) in [6.45, 7) is 4.31. The highest BCUT2D eigenvalue weighted by atomic mass is 16.7. The minimum atomic E-state index is -1.62. The molecule has 504 valence electrons. The molecule has 33 heteroatoms. The van der Waals surface area contributed by atoms with E-state index in [4.69, 9.17) is 37.9 Å². The third-order valence-electron chi connectivity index (χ3n) is 15.2. The van der Waals surface area contributed by atoms with Gasteiger partial charge in [-0.1, -0.05) is 6.42 Å². The third-order valence-corrected chi connectivity index (χ3v) is 15.2. The number of rotatable bonds is 38. The van der Waals surface area contributed by atoms with Gasteiger partial charge >= 0.3 is 0 Å². The van der Waals surface area contributed by atoms with E-state index in [9.17, 15) is 90.0 Å². The maximum atomic E-state index is 14.1. The fourth-order valence-corrected chi connectivity index (χ4v) is 9.75. The van der Waals surface area contributed by atoms with Crippen LogP contribution in [0, 0.1) is 0 Å². The highest BCUT2D eigenvalue weighted by Gasteiger charge is 2.46. The lowest BCUT2D eigenvalue weighted by atomic mass is 10.0. The standard InChI is InChI=1S/C54H97N7O26/c1-28-38(67)42(71)46(75)51(84-28)80-22-18-57-35(64)15-8-7-14-34(63)55-16-10-5-6-13-33(62)56-17-11-9-12-32(50(79)60-21-25-83-54-49(78)45(74)41(70)31(4)87-54)61(26-36(65)58-19-23-81-52-47(76)43(72)39(68)29(2)85-52)27-37(66)59-20-24-82-53-48(77)44(73)40(69)30(3)86-53/h28-32,38-49,51-54,67-78H,5-27H2,1-4H3,(H,55,63)(H,56,62)(H,57,64)(H,58,65)(H,59,66)(H,60,79)/t28-,29-,30-,31-,32-,38+,39+,40+,41+,42+,43+,44+,45+,46-,47-,48-,49-,51+,52+,53+,54+/m0/s1. The van der Waals surface area contributed by atoms with Gasteiger partial charge in [-0.2, -0.15) is 0 Å². The van der Waals surface area contributed by atoms with Crippen molar-refractivity contribution in [3.05, 3.63) is 0 Å². The van der Waals surface area contributed by atoms with Gasteiger partial charge in [-0.15, -0.1) is 0 Å². The van der Waals surface area contributed by atoms with Crippen molar-refractivity contribution in [1.29, 1.82) is 0 Å². The molecule has 4 aliphatic rings. The first-order valence-corrected chi connectivity index (χ1v) is 29.9. The lowest BCUT2D eigenvalue weighted by Gasteiger charge is -2.39. The Bertz CT molecular complexity index is 2010. The summed E-state index contributed by atoms with van der Waals surface area (Å²) in [6.07, 6.45) is -22.4. The number of hydrogen-bond donors (Lipinski definition) is 18. The Labute approximate surface area is 505 Å². The molecule has 0 aliphatic carbocycles. The van der Waals surface area contributed by atoms with Crippen molar-refractivity contribution in [2.75, 3.05) is 78.8 Å². The molecule has 0 aromatic heterocycles. The minimum Gasteiger partial charge on any atom is -0.388 e. The van der Waals surface area contributed by atoms with Gasteiger partial charge in [0.15, 0.2) is 25.2 Å². The number of ether oxygens (including phenoxy) is 8. The molecule has 4 aliphatic heterocycles. The molecule has 0 aromatic carbocycles. The average molecular weight is 1260 g/mol. The number of unbranched alkanes of at least 4 members (excludes halogenated alkanes) is 4. The van der Waals surface area contributed by atoms with E-state index in [-0.39, 0.29) is 109 Å². The SMILES string of the molecule is C[C@@H]1O[C@@H](OCCNC(=O)CCCCC(=O)NCCCCCC(=O)NCCCC[C@@H](C(=O)NCCO[C@@H]2O[C@@H](C)[C@@H](O)[C@@H](O)[C@@H]2O)N(CC(=O)NCCO[C@@H]2O[C@@H](C)[C@@H](O)[C@@H](O)[C@@H]2O)CC(=O)NCCO[C@@H]2O[C@@H](C)[C@@H](O)[C@@H](O)[C@@H]2O)[C@@H](O)[C@H](O)[C@@H]1O. The van der Waals surface area contributed by atoms with E-state index in [0.717, 1.165) is 0 Å². The molecule has 4 rings (SSSR count). The van der Waals surface area contributed by atoms with Gasteiger partial charge < -0.3 is 131 Å². The van der Waals surface area contributed by atoms with Crippen LogP contribution < -0.4 is 31.9 Å². The zero-order chi connectivity index (χ0) is 64.3. The van der Waals surface area contributed by atoms with E-state index in [2.05, 4.69) is 31.9 Å². The molecule has 87 heavy (non-hydrogen) atoms. The Morgan fingerprint density at radius 3 is 0.954 bits per heavy atom. The van der Waals surface area contributed by atoms with Crippen molar-refractivity contribution >= 4 is 35.4 Å². The zero-order valence-electron chi connectivity index (χ0n) is 49.9. The molecule has 0 unspecified atom stereocenters.